The Kier molecular flexibility index (Phi) is 5.73. The van der Waals surface area contributed by atoms with Gasteiger partial charge in [0.15, 0.2) is 0 Å². The maximum Gasteiger partial charge on any atom is 0.346 e. The fraction of sp³-hybridized carbons (Fsp3) is 0.100. The summed E-state index contributed by atoms with van der Waals surface area (Å²) in [5, 5.41) is 3.92. The number of hydrogen-bond donors (Lipinski definition) is 2. The van der Waals surface area contributed by atoms with Gasteiger partial charge >= 0.3 is 5.69 Å². The van der Waals surface area contributed by atoms with Gasteiger partial charge in [0, 0.05) is 5.56 Å². The molecule has 0 aliphatic carbocycles. The summed E-state index contributed by atoms with van der Waals surface area (Å²) in [4.78, 5) is 30.4. The molecule has 0 aliphatic heterocycles. The highest BCUT2D eigenvalue weighted by Gasteiger charge is 2.09. The molecule has 1 amide bonds. The van der Waals surface area contributed by atoms with Crippen LogP contribution in [0, 0.1) is 0 Å². The third-order valence-corrected chi connectivity index (χ3v) is 3.63. The Hall–Kier alpha value is -3.74. The maximum atomic E-state index is 12.3. The predicted octanol–water partition coefficient (Wildman–Crippen LogP) is 2.60. The van der Waals surface area contributed by atoms with Gasteiger partial charge in [-0.3, -0.25) is 4.79 Å². The number of carbonyl (C=O) groups excluding carboxylic acids is 1. The van der Waals surface area contributed by atoms with Crippen LogP contribution in [0.5, 0.6) is 5.75 Å². The highest BCUT2D eigenvalue weighted by Crippen LogP contribution is 2.15. The van der Waals surface area contributed by atoms with E-state index in [0.717, 1.165) is 16.9 Å². The number of ether oxygens (including phenoxy) is 1. The standard InChI is InChI=1S/C20H18N4O3/c1-2-27-16-10-8-14(9-11-16)13-21-24-19(25)18-12-17(22-20(26)23-18)15-6-4-3-5-7-15/h3-13H,2H2,1H3,(H,24,25)(H,22,23,26)/b21-13+. The Bertz CT molecular complexity index is 996. The quantitative estimate of drug-likeness (QED) is 0.520. The first-order chi connectivity index (χ1) is 13.2. The fourth-order valence-corrected chi connectivity index (χ4v) is 2.38. The molecule has 27 heavy (non-hydrogen) atoms. The molecule has 0 aliphatic rings. The molecule has 7 nitrogen and oxygen atoms in total. The number of benzene rings is 2. The Morgan fingerprint density at radius 2 is 1.93 bits per heavy atom. The summed E-state index contributed by atoms with van der Waals surface area (Å²) in [7, 11) is 0. The average molecular weight is 362 g/mol. The molecule has 0 bridgehead atoms. The normalized spacial score (nSPS) is 10.7. The first kappa shape index (κ1) is 18.1. The number of H-pyrrole nitrogens is 1. The fourth-order valence-electron chi connectivity index (χ4n) is 2.38. The van der Waals surface area contributed by atoms with E-state index in [2.05, 4.69) is 20.5 Å². The number of aromatic nitrogens is 2. The molecule has 2 N–H and O–H groups in total. The zero-order valence-corrected chi connectivity index (χ0v) is 14.7. The first-order valence-corrected chi connectivity index (χ1v) is 8.39. The van der Waals surface area contributed by atoms with Crippen LogP contribution in [0.25, 0.3) is 11.3 Å². The van der Waals surface area contributed by atoms with Gasteiger partial charge < -0.3 is 9.72 Å². The minimum absolute atomic E-state index is 0.0812. The maximum absolute atomic E-state index is 12.3. The SMILES string of the molecule is CCOc1ccc(/C=N/NC(=O)c2cc(-c3ccccc3)nc(=O)[nH]2)cc1. The van der Waals surface area contributed by atoms with E-state index in [0.29, 0.717) is 12.3 Å². The number of nitrogens with zero attached hydrogens (tertiary/aromatic N) is 2. The molecule has 1 aromatic heterocycles. The third-order valence-electron chi connectivity index (χ3n) is 3.63. The minimum Gasteiger partial charge on any atom is -0.494 e. The molecule has 0 saturated heterocycles. The highest BCUT2D eigenvalue weighted by atomic mass is 16.5. The van der Waals surface area contributed by atoms with Crippen LogP contribution in [0.15, 0.2) is 70.6 Å². The summed E-state index contributed by atoms with van der Waals surface area (Å²) in [6.07, 6.45) is 1.50. The van der Waals surface area contributed by atoms with Gasteiger partial charge in [-0.15, -0.1) is 0 Å². The molecule has 0 saturated carbocycles. The summed E-state index contributed by atoms with van der Waals surface area (Å²) in [5.41, 5.74) is 3.84. The van der Waals surface area contributed by atoms with Gasteiger partial charge in [-0.2, -0.15) is 10.1 Å². The summed E-state index contributed by atoms with van der Waals surface area (Å²) in [5.74, 6) is 0.232. The zero-order valence-electron chi connectivity index (χ0n) is 14.7. The molecular weight excluding hydrogens is 344 g/mol. The van der Waals surface area contributed by atoms with Crippen LogP contribution in [-0.4, -0.2) is 28.7 Å². The van der Waals surface area contributed by atoms with Crippen molar-refractivity contribution in [3.8, 4) is 17.0 Å². The predicted molar refractivity (Wildman–Crippen MR) is 103 cm³/mol. The minimum atomic E-state index is -0.600. The zero-order chi connectivity index (χ0) is 19.1. The van der Waals surface area contributed by atoms with Crippen molar-refractivity contribution in [2.45, 2.75) is 6.92 Å². The Balaban J connectivity index is 1.71. The van der Waals surface area contributed by atoms with Gasteiger partial charge in [0.25, 0.3) is 5.91 Å². The van der Waals surface area contributed by atoms with Crippen molar-refractivity contribution >= 4 is 12.1 Å². The van der Waals surface area contributed by atoms with Crippen LogP contribution in [0.3, 0.4) is 0 Å². The van der Waals surface area contributed by atoms with Crippen LogP contribution < -0.4 is 15.9 Å². The molecule has 0 unspecified atom stereocenters. The number of amides is 1. The molecular formula is C20H18N4O3. The van der Waals surface area contributed by atoms with Crippen LogP contribution in [0.4, 0.5) is 0 Å². The number of hydrogen-bond acceptors (Lipinski definition) is 5. The molecule has 0 radical (unpaired) electrons. The lowest BCUT2D eigenvalue weighted by Gasteiger charge is -2.04. The van der Waals surface area contributed by atoms with E-state index in [1.165, 1.54) is 12.3 Å². The molecule has 0 atom stereocenters. The molecule has 3 aromatic rings. The largest absolute Gasteiger partial charge is 0.494 e. The molecule has 0 spiro atoms. The number of aromatic amines is 1. The van der Waals surface area contributed by atoms with Gasteiger partial charge in [-0.1, -0.05) is 30.3 Å². The average Bonchev–Trinajstić information content (AvgIpc) is 2.69. The lowest BCUT2D eigenvalue weighted by molar-refractivity contribution is 0.0949. The Morgan fingerprint density at radius 3 is 2.63 bits per heavy atom. The second kappa shape index (κ2) is 8.57. The number of carbonyl (C=O) groups is 1. The smallest absolute Gasteiger partial charge is 0.346 e. The molecule has 3 rings (SSSR count). The van der Waals surface area contributed by atoms with Crippen LogP contribution in [0.1, 0.15) is 23.0 Å². The highest BCUT2D eigenvalue weighted by molar-refractivity contribution is 5.93. The van der Waals surface area contributed by atoms with E-state index >= 15 is 0 Å². The molecule has 7 heteroatoms. The van der Waals surface area contributed by atoms with Crippen LogP contribution >= 0.6 is 0 Å². The van der Waals surface area contributed by atoms with Crippen LogP contribution in [0.2, 0.25) is 0 Å². The van der Waals surface area contributed by atoms with E-state index < -0.39 is 11.6 Å². The lowest BCUT2D eigenvalue weighted by atomic mass is 10.1. The van der Waals surface area contributed by atoms with Crippen molar-refractivity contribution in [3.63, 3.8) is 0 Å². The van der Waals surface area contributed by atoms with Crippen molar-refractivity contribution in [1.82, 2.24) is 15.4 Å². The monoisotopic (exact) mass is 362 g/mol. The molecule has 136 valence electrons. The van der Waals surface area contributed by atoms with Gasteiger partial charge in [0.1, 0.15) is 11.4 Å². The van der Waals surface area contributed by atoms with Crippen molar-refractivity contribution in [1.29, 1.82) is 0 Å². The number of nitrogens with one attached hydrogen (secondary N) is 2. The summed E-state index contributed by atoms with van der Waals surface area (Å²) in [6.45, 7) is 2.51. The summed E-state index contributed by atoms with van der Waals surface area (Å²) in [6, 6.07) is 17.9. The van der Waals surface area contributed by atoms with E-state index in [9.17, 15) is 9.59 Å². The van der Waals surface area contributed by atoms with Gasteiger partial charge in [-0.25, -0.2) is 10.2 Å². The first-order valence-electron chi connectivity index (χ1n) is 8.39. The second-order valence-electron chi connectivity index (χ2n) is 5.55. The number of hydrazone groups is 1. The van der Waals surface area contributed by atoms with E-state index in [1.807, 2.05) is 61.5 Å². The number of rotatable bonds is 6. The van der Waals surface area contributed by atoms with E-state index in [4.69, 9.17) is 4.74 Å². The van der Waals surface area contributed by atoms with Crippen molar-refractivity contribution < 1.29 is 9.53 Å². The summed E-state index contributed by atoms with van der Waals surface area (Å²) >= 11 is 0. The summed E-state index contributed by atoms with van der Waals surface area (Å²) < 4.78 is 5.37. The topological polar surface area (TPSA) is 96.4 Å². The molecule has 2 aromatic carbocycles. The van der Waals surface area contributed by atoms with Crippen LogP contribution in [-0.2, 0) is 0 Å². The van der Waals surface area contributed by atoms with Crippen molar-refractivity contribution in [3.05, 3.63) is 82.4 Å². The Morgan fingerprint density at radius 1 is 1.19 bits per heavy atom. The van der Waals surface area contributed by atoms with Gasteiger partial charge in [0.05, 0.1) is 18.5 Å². The van der Waals surface area contributed by atoms with E-state index in [1.54, 1.807) is 0 Å². The second-order valence-corrected chi connectivity index (χ2v) is 5.55. The molecule has 1 heterocycles. The third kappa shape index (κ3) is 4.88. The molecule has 0 fully saturated rings. The van der Waals surface area contributed by atoms with Crippen molar-refractivity contribution in [2.24, 2.45) is 5.10 Å². The lowest BCUT2D eigenvalue weighted by Crippen LogP contribution is -2.24. The van der Waals surface area contributed by atoms with Crippen molar-refractivity contribution in [2.75, 3.05) is 6.61 Å². The van der Waals surface area contributed by atoms with Gasteiger partial charge in [0.2, 0.25) is 0 Å². The Labute approximate surface area is 155 Å². The van der Waals surface area contributed by atoms with E-state index in [-0.39, 0.29) is 5.69 Å². The van der Waals surface area contributed by atoms with Gasteiger partial charge in [-0.05, 0) is 42.8 Å².